The second-order valence-corrected chi connectivity index (χ2v) is 3.16. The predicted octanol–water partition coefficient (Wildman–Crippen LogP) is 1.69. The minimum atomic E-state index is -0.290. The Kier molecular flexibility index (Phi) is 7.08. The van der Waals surface area contributed by atoms with Crippen LogP contribution in [0, 0.1) is 11.3 Å². The summed E-state index contributed by atoms with van der Waals surface area (Å²) in [6.07, 6.45) is 3.41. The number of carbonyl (C=O) groups excluding carboxylic acids is 1. The van der Waals surface area contributed by atoms with Crippen LogP contribution in [0.2, 0.25) is 0 Å². The molecule has 0 aromatic carbocycles. The van der Waals surface area contributed by atoms with Crippen LogP contribution in [-0.2, 0) is 9.53 Å². The zero-order chi connectivity index (χ0) is 11.7. The SMILES string of the molecule is CCC/C(C#N)=C\N(CC)CC(=O)OC. The topological polar surface area (TPSA) is 53.3 Å². The Morgan fingerprint density at radius 2 is 2.20 bits per heavy atom. The van der Waals surface area contributed by atoms with Gasteiger partial charge in [-0.2, -0.15) is 5.26 Å². The lowest BCUT2D eigenvalue weighted by Crippen LogP contribution is -2.26. The van der Waals surface area contributed by atoms with Crippen molar-refractivity contribution in [3.63, 3.8) is 0 Å². The number of hydrogen-bond donors (Lipinski definition) is 0. The minimum absolute atomic E-state index is 0.196. The van der Waals surface area contributed by atoms with Gasteiger partial charge in [-0.15, -0.1) is 0 Å². The third-order valence-electron chi connectivity index (χ3n) is 1.97. The monoisotopic (exact) mass is 210 g/mol. The number of ether oxygens (including phenoxy) is 1. The van der Waals surface area contributed by atoms with Gasteiger partial charge in [-0.3, -0.25) is 4.79 Å². The molecule has 0 fully saturated rings. The summed E-state index contributed by atoms with van der Waals surface area (Å²) < 4.78 is 4.56. The maximum absolute atomic E-state index is 11.0. The summed E-state index contributed by atoms with van der Waals surface area (Å²) in [5, 5.41) is 8.83. The Hall–Kier alpha value is -1.50. The van der Waals surface area contributed by atoms with Crippen LogP contribution in [0.1, 0.15) is 26.7 Å². The highest BCUT2D eigenvalue weighted by molar-refractivity contribution is 5.71. The molecule has 0 aromatic heterocycles. The Morgan fingerprint density at radius 1 is 1.53 bits per heavy atom. The quantitative estimate of drug-likeness (QED) is 0.494. The van der Waals surface area contributed by atoms with E-state index < -0.39 is 0 Å². The van der Waals surface area contributed by atoms with Crippen molar-refractivity contribution in [2.45, 2.75) is 26.7 Å². The molecule has 4 nitrogen and oxygen atoms in total. The molecule has 4 heteroatoms. The number of likely N-dealkylation sites (N-methyl/N-ethyl adjacent to an activating group) is 1. The first-order chi connectivity index (χ1) is 7.17. The molecule has 0 N–H and O–H groups in total. The van der Waals surface area contributed by atoms with Gasteiger partial charge in [-0.25, -0.2) is 0 Å². The van der Waals surface area contributed by atoms with Gasteiger partial charge in [-0.1, -0.05) is 13.3 Å². The van der Waals surface area contributed by atoms with E-state index in [4.69, 9.17) is 5.26 Å². The van der Waals surface area contributed by atoms with Crippen molar-refractivity contribution in [1.82, 2.24) is 4.90 Å². The van der Waals surface area contributed by atoms with Crippen molar-refractivity contribution in [2.75, 3.05) is 20.2 Å². The first-order valence-electron chi connectivity index (χ1n) is 5.09. The highest BCUT2D eigenvalue weighted by Crippen LogP contribution is 2.05. The number of hydrogen-bond acceptors (Lipinski definition) is 4. The minimum Gasteiger partial charge on any atom is -0.468 e. The predicted molar refractivity (Wildman–Crippen MR) is 57.9 cm³/mol. The van der Waals surface area contributed by atoms with Crippen LogP contribution in [0.15, 0.2) is 11.8 Å². The lowest BCUT2D eigenvalue weighted by atomic mass is 10.2. The Bertz CT molecular complexity index is 266. The van der Waals surface area contributed by atoms with Crippen LogP contribution in [0.5, 0.6) is 0 Å². The summed E-state index contributed by atoms with van der Waals surface area (Å²) in [4.78, 5) is 12.8. The highest BCUT2D eigenvalue weighted by atomic mass is 16.5. The van der Waals surface area contributed by atoms with Crippen molar-refractivity contribution in [2.24, 2.45) is 0 Å². The van der Waals surface area contributed by atoms with Crippen LogP contribution in [0.3, 0.4) is 0 Å². The first-order valence-corrected chi connectivity index (χ1v) is 5.09. The number of nitrogens with zero attached hydrogens (tertiary/aromatic N) is 2. The summed E-state index contributed by atoms with van der Waals surface area (Å²) in [7, 11) is 1.36. The van der Waals surface area contributed by atoms with Crippen molar-refractivity contribution in [3.8, 4) is 6.07 Å². The second kappa shape index (κ2) is 7.86. The van der Waals surface area contributed by atoms with Crippen LogP contribution in [-0.4, -0.2) is 31.1 Å². The largest absolute Gasteiger partial charge is 0.468 e. The molecule has 0 unspecified atom stereocenters. The number of carbonyl (C=O) groups is 1. The van der Waals surface area contributed by atoms with E-state index in [0.29, 0.717) is 12.1 Å². The van der Waals surface area contributed by atoms with Crippen molar-refractivity contribution in [3.05, 3.63) is 11.8 Å². The van der Waals surface area contributed by atoms with E-state index in [1.54, 1.807) is 11.1 Å². The van der Waals surface area contributed by atoms with Gasteiger partial charge in [0.1, 0.15) is 6.54 Å². The Balaban J connectivity index is 4.40. The molecule has 0 aliphatic rings. The van der Waals surface area contributed by atoms with Gasteiger partial charge >= 0.3 is 5.97 Å². The molecule has 0 atom stereocenters. The van der Waals surface area contributed by atoms with Crippen molar-refractivity contribution in [1.29, 1.82) is 5.26 Å². The summed E-state index contributed by atoms with van der Waals surface area (Å²) in [5.41, 5.74) is 0.697. The summed E-state index contributed by atoms with van der Waals surface area (Å²) >= 11 is 0. The zero-order valence-corrected chi connectivity index (χ0v) is 9.62. The molecule has 0 aromatic rings. The van der Waals surface area contributed by atoms with E-state index in [9.17, 15) is 4.79 Å². The maximum atomic E-state index is 11.0. The molecule has 0 spiro atoms. The molecule has 0 aliphatic heterocycles. The molecule has 0 amide bonds. The van der Waals surface area contributed by atoms with Crippen LogP contribution >= 0.6 is 0 Å². The standard InChI is InChI=1S/C11H18N2O2/c1-4-6-10(7-12)8-13(5-2)9-11(14)15-3/h8H,4-6,9H2,1-3H3/b10-8+. The van der Waals surface area contributed by atoms with Gasteiger partial charge < -0.3 is 9.64 Å². The van der Waals surface area contributed by atoms with Gasteiger partial charge in [0.2, 0.25) is 0 Å². The number of methoxy groups -OCH3 is 1. The average molecular weight is 210 g/mol. The van der Waals surface area contributed by atoms with Gasteiger partial charge in [0.25, 0.3) is 0 Å². The summed E-state index contributed by atoms with van der Waals surface area (Å²) in [6.45, 7) is 4.83. The molecule has 0 rings (SSSR count). The van der Waals surface area contributed by atoms with Crippen LogP contribution in [0.4, 0.5) is 0 Å². The van der Waals surface area contributed by atoms with E-state index in [-0.39, 0.29) is 12.5 Å². The van der Waals surface area contributed by atoms with Crippen LogP contribution < -0.4 is 0 Å². The van der Waals surface area contributed by atoms with Gasteiger partial charge in [-0.05, 0) is 13.3 Å². The number of rotatable bonds is 6. The van der Waals surface area contributed by atoms with E-state index in [0.717, 1.165) is 12.8 Å². The summed E-state index contributed by atoms with van der Waals surface area (Å²) in [6, 6.07) is 2.13. The molecule has 84 valence electrons. The maximum Gasteiger partial charge on any atom is 0.325 e. The fourth-order valence-corrected chi connectivity index (χ4v) is 1.12. The third kappa shape index (κ3) is 5.74. The van der Waals surface area contributed by atoms with Crippen LogP contribution in [0.25, 0.3) is 0 Å². The zero-order valence-electron chi connectivity index (χ0n) is 9.62. The molecular weight excluding hydrogens is 192 g/mol. The molecule has 0 radical (unpaired) electrons. The molecule has 0 aliphatic carbocycles. The fourth-order valence-electron chi connectivity index (χ4n) is 1.12. The Morgan fingerprint density at radius 3 is 2.60 bits per heavy atom. The van der Waals surface area contributed by atoms with Crippen molar-refractivity contribution >= 4 is 5.97 Å². The third-order valence-corrected chi connectivity index (χ3v) is 1.97. The van der Waals surface area contributed by atoms with E-state index in [1.807, 2.05) is 13.8 Å². The first kappa shape index (κ1) is 13.5. The summed E-state index contributed by atoms with van der Waals surface area (Å²) in [5.74, 6) is -0.290. The van der Waals surface area contributed by atoms with Gasteiger partial charge in [0.15, 0.2) is 0 Å². The normalized spacial score (nSPS) is 10.7. The van der Waals surface area contributed by atoms with E-state index in [1.165, 1.54) is 7.11 Å². The van der Waals surface area contributed by atoms with Crippen molar-refractivity contribution < 1.29 is 9.53 Å². The van der Waals surface area contributed by atoms with E-state index >= 15 is 0 Å². The highest BCUT2D eigenvalue weighted by Gasteiger charge is 2.06. The lowest BCUT2D eigenvalue weighted by molar-refractivity contribution is -0.141. The second-order valence-electron chi connectivity index (χ2n) is 3.16. The molecule has 0 heterocycles. The van der Waals surface area contributed by atoms with Gasteiger partial charge in [0, 0.05) is 18.3 Å². The molecule has 0 saturated carbocycles. The number of nitriles is 1. The fraction of sp³-hybridized carbons (Fsp3) is 0.636. The average Bonchev–Trinajstić information content (AvgIpc) is 2.26. The Labute approximate surface area is 91.1 Å². The smallest absolute Gasteiger partial charge is 0.325 e. The number of esters is 1. The van der Waals surface area contributed by atoms with Gasteiger partial charge in [0.05, 0.1) is 13.2 Å². The molecular formula is C11H18N2O2. The molecule has 0 saturated heterocycles. The molecule has 0 bridgehead atoms. The number of allylic oxidation sites excluding steroid dienone is 1. The molecule has 15 heavy (non-hydrogen) atoms. The van der Waals surface area contributed by atoms with E-state index in [2.05, 4.69) is 10.8 Å². The lowest BCUT2D eigenvalue weighted by Gasteiger charge is -2.16.